The van der Waals surface area contributed by atoms with Gasteiger partial charge in [0.2, 0.25) is 0 Å². The quantitative estimate of drug-likeness (QED) is 0.526. The predicted octanol–water partition coefficient (Wildman–Crippen LogP) is 3.85. The van der Waals surface area contributed by atoms with Gasteiger partial charge < -0.3 is 4.74 Å². The van der Waals surface area contributed by atoms with E-state index in [2.05, 4.69) is 6.92 Å². The van der Waals surface area contributed by atoms with Crippen LogP contribution in [0.4, 0.5) is 0 Å². The lowest BCUT2D eigenvalue weighted by Gasteiger charge is -2.23. The Kier molecular flexibility index (Phi) is 4.57. The van der Waals surface area contributed by atoms with Crippen molar-refractivity contribution in [2.45, 2.75) is 65.4 Å². The molecule has 0 unspecified atom stereocenters. The van der Waals surface area contributed by atoms with Crippen LogP contribution in [0, 0.1) is 5.92 Å². The van der Waals surface area contributed by atoms with Crippen LogP contribution >= 0.6 is 0 Å². The van der Waals surface area contributed by atoms with E-state index in [0.717, 1.165) is 18.8 Å². The number of carbonyl (C=O) groups excluding carboxylic acids is 1. The summed E-state index contributed by atoms with van der Waals surface area (Å²) in [5.41, 5.74) is 0.883. The highest BCUT2D eigenvalue weighted by molar-refractivity contribution is 5.83. The Morgan fingerprint density at radius 3 is 2.38 bits per heavy atom. The minimum Gasteiger partial charge on any atom is -0.457 e. The second-order valence-electron chi connectivity index (χ2n) is 5.69. The number of ether oxygens (including phenoxy) is 1. The number of carbonyl (C=O) groups is 1. The first-order valence-electron chi connectivity index (χ1n) is 6.33. The summed E-state index contributed by atoms with van der Waals surface area (Å²) in [5.74, 6) is 0.674. The number of rotatable bonds is 2. The number of hydrogen-bond acceptors (Lipinski definition) is 2. The molecule has 0 saturated heterocycles. The van der Waals surface area contributed by atoms with E-state index in [0.29, 0.717) is 0 Å². The standard InChI is InChI=1S/C14H24O2/c1-5-11-6-8-12(9-7-11)10-13(15)16-14(2,3)4/h10-11H,5-9H2,1-4H3. The van der Waals surface area contributed by atoms with Crippen LogP contribution in [0.3, 0.4) is 0 Å². The van der Waals surface area contributed by atoms with Crippen molar-refractivity contribution in [2.24, 2.45) is 5.92 Å². The van der Waals surface area contributed by atoms with Crippen molar-refractivity contribution < 1.29 is 9.53 Å². The molecule has 92 valence electrons. The third-order valence-corrected chi connectivity index (χ3v) is 3.05. The highest BCUT2D eigenvalue weighted by Crippen LogP contribution is 2.30. The van der Waals surface area contributed by atoms with Crippen molar-refractivity contribution in [3.05, 3.63) is 11.6 Å². The molecule has 0 atom stereocenters. The van der Waals surface area contributed by atoms with Crippen molar-refractivity contribution >= 4 is 5.97 Å². The summed E-state index contributed by atoms with van der Waals surface area (Å²) in [6.07, 6.45) is 7.56. The van der Waals surface area contributed by atoms with Crippen molar-refractivity contribution in [1.82, 2.24) is 0 Å². The van der Waals surface area contributed by atoms with Gasteiger partial charge >= 0.3 is 5.97 Å². The summed E-state index contributed by atoms with van der Waals surface area (Å²) in [5, 5.41) is 0. The molecular weight excluding hydrogens is 200 g/mol. The second-order valence-corrected chi connectivity index (χ2v) is 5.69. The fourth-order valence-corrected chi connectivity index (χ4v) is 2.10. The molecule has 0 radical (unpaired) electrons. The summed E-state index contributed by atoms with van der Waals surface area (Å²) in [6.45, 7) is 7.94. The largest absolute Gasteiger partial charge is 0.457 e. The van der Waals surface area contributed by atoms with Crippen LogP contribution in [0.5, 0.6) is 0 Å². The van der Waals surface area contributed by atoms with Gasteiger partial charge in [-0.2, -0.15) is 0 Å². The van der Waals surface area contributed by atoms with Gasteiger partial charge in [0, 0.05) is 6.08 Å². The zero-order valence-electron chi connectivity index (χ0n) is 11.0. The average Bonchev–Trinajstić information content (AvgIpc) is 2.16. The summed E-state index contributed by atoms with van der Waals surface area (Å²) in [4.78, 5) is 11.6. The van der Waals surface area contributed by atoms with Gasteiger partial charge in [0.25, 0.3) is 0 Å². The van der Waals surface area contributed by atoms with Gasteiger partial charge in [-0.05, 0) is 52.4 Å². The Hall–Kier alpha value is -0.790. The molecule has 0 N–H and O–H groups in total. The number of hydrogen-bond donors (Lipinski definition) is 0. The zero-order valence-corrected chi connectivity index (χ0v) is 11.0. The van der Waals surface area contributed by atoms with E-state index >= 15 is 0 Å². The highest BCUT2D eigenvalue weighted by Gasteiger charge is 2.18. The van der Waals surface area contributed by atoms with E-state index in [9.17, 15) is 4.79 Å². The first kappa shape index (κ1) is 13.3. The van der Waals surface area contributed by atoms with Crippen LogP contribution in [0.1, 0.15) is 59.8 Å². The Morgan fingerprint density at radius 2 is 1.94 bits per heavy atom. The molecule has 1 saturated carbocycles. The molecule has 2 heteroatoms. The molecule has 1 aliphatic carbocycles. The molecule has 1 aliphatic rings. The maximum Gasteiger partial charge on any atom is 0.331 e. The van der Waals surface area contributed by atoms with E-state index in [-0.39, 0.29) is 11.6 Å². The van der Waals surface area contributed by atoms with Gasteiger partial charge in [-0.15, -0.1) is 0 Å². The molecule has 1 fully saturated rings. The molecule has 0 spiro atoms. The van der Waals surface area contributed by atoms with Crippen LogP contribution < -0.4 is 0 Å². The van der Waals surface area contributed by atoms with Crippen molar-refractivity contribution in [2.75, 3.05) is 0 Å². The fourth-order valence-electron chi connectivity index (χ4n) is 2.10. The summed E-state index contributed by atoms with van der Waals surface area (Å²) < 4.78 is 5.28. The van der Waals surface area contributed by atoms with Gasteiger partial charge in [-0.1, -0.05) is 18.9 Å². The van der Waals surface area contributed by atoms with Crippen molar-refractivity contribution in [1.29, 1.82) is 0 Å². The van der Waals surface area contributed by atoms with Gasteiger partial charge in [-0.25, -0.2) is 4.79 Å². The molecule has 1 rings (SSSR count). The molecule has 16 heavy (non-hydrogen) atoms. The van der Waals surface area contributed by atoms with Gasteiger partial charge in [0.05, 0.1) is 0 Å². The molecule has 0 aromatic heterocycles. The van der Waals surface area contributed by atoms with Gasteiger partial charge in [-0.3, -0.25) is 0 Å². The monoisotopic (exact) mass is 224 g/mol. The van der Waals surface area contributed by atoms with Crippen LogP contribution in [0.15, 0.2) is 11.6 Å². The summed E-state index contributed by atoms with van der Waals surface area (Å²) in [6, 6.07) is 0. The Bertz CT molecular complexity index is 261. The van der Waals surface area contributed by atoms with Crippen LogP contribution in [-0.2, 0) is 9.53 Å². The van der Waals surface area contributed by atoms with Crippen LogP contribution in [0.2, 0.25) is 0 Å². The lowest BCUT2D eigenvalue weighted by Crippen LogP contribution is -2.23. The fraction of sp³-hybridized carbons (Fsp3) is 0.786. The molecular formula is C14H24O2. The van der Waals surface area contributed by atoms with E-state index in [4.69, 9.17) is 4.74 Å². The number of allylic oxidation sites excluding steroid dienone is 1. The lowest BCUT2D eigenvalue weighted by atomic mass is 9.84. The van der Waals surface area contributed by atoms with Crippen LogP contribution in [0.25, 0.3) is 0 Å². The van der Waals surface area contributed by atoms with E-state index in [1.54, 1.807) is 6.08 Å². The smallest absolute Gasteiger partial charge is 0.331 e. The third-order valence-electron chi connectivity index (χ3n) is 3.05. The second kappa shape index (κ2) is 5.51. The highest BCUT2D eigenvalue weighted by atomic mass is 16.6. The van der Waals surface area contributed by atoms with Crippen molar-refractivity contribution in [3.8, 4) is 0 Å². The average molecular weight is 224 g/mol. The maximum absolute atomic E-state index is 11.6. The molecule has 0 aromatic carbocycles. The van der Waals surface area contributed by atoms with Crippen molar-refractivity contribution in [3.63, 3.8) is 0 Å². The first-order chi connectivity index (χ1) is 7.40. The Labute approximate surface area is 99.1 Å². The van der Waals surface area contributed by atoms with Gasteiger partial charge in [0.1, 0.15) is 5.60 Å². The molecule has 0 amide bonds. The minimum atomic E-state index is -0.380. The minimum absolute atomic E-state index is 0.183. The molecule has 2 nitrogen and oxygen atoms in total. The van der Waals surface area contributed by atoms with E-state index < -0.39 is 0 Å². The topological polar surface area (TPSA) is 26.3 Å². The summed E-state index contributed by atoms with van der Waals surface area (Å²) in [7, 11) is 0. The SMILES string of the molecule is CCC1CCC(=CC(=O)OC(C)(C)C)CC1. The number of esters is 1. The molecule has 0 aliphatic heterocycles. The predicted molar refractivity (Wildman–Crippen MR) is 66.2 cm³/mol. The normalized spacial score (nSPS) is 21.8. The van der Waals surface area contributed by atoms with Crippen LogP contribution in [-0.4, -0.2) is 11.6 Å². The summed E-state index contributed by atoms with van der Waals surface area (Å²) >= 11 is 0. The lowest BCUT2D eigenvalue weighted by molar-refractivity contribution is -0.148. The first-order valence-corrected chi connectivity index (χ1v) is 6.33. The molecule has 0 bridgehead atoms. The molecule has 0 heterocycles. The maximum atomic E-state index is 11.6. The third kappa shape index (κ3) is 4.82. The van der Waals surface area contributed by atoms with Gasteiger partial charge in [0.15, 0.2) is 0 Å². The van der Waals surface area contributed by atoms with E-state index in [1.807, 2.05) is 20.8 Å². The Balaban J connectivity index is 2.43. The Morgan fingerprint density at radius 1 is 1.38 bits per heavy atom. The van der Waals surface area contributed by atoms with E-state index in [1.165, 1.54) is 24.8 Å². The molecule has 0 aromatic rings. The zero-order chi connectivity index (χ0) is 12.2.